The number of sulfone groups is 1. The summed E-state index contributed by atoms with van der Waals surface area (Å²) in [6, 6.07) is 21.2. The molecule has 6 nitrogen and oxygen atoms in total. The number of para-hydroxylation sites is 2. The maximum Gasteiger partial charge on any atom is 0.221 e. The molecule has 3 aromatic carbocycles. The molecule has 158 valence electrons. The van der Waals surface area contributed by atoms with Crippen molar-refractivity contribution in [1.82, 2.24) is 9.55 Å². The molecule has 1 N–H and O–H groups in total. The number of carbonyl (C=O) groups is 1. The normalized spacial score (nSPS) is 11.5. The number of hydrogen-bond donors (Lipinski definition) is 1. The van der Waals surface area contributed by atoms with Crippen molar-refractivity contribution in [2.45, 2.75) is 24.1 Å². The molecule has 0 aliphatic rings. The predicted molar refractivity (Wildman–Crippen MR) is 122 cm³/mol. The number of imidazole rings is 1. The quantitative estimate of drug-likeness (QED) is 0.460. The van der Waals surface area contributed by atoms with Crippen LogP contribution in [0.2, 0.25) is 5.02 Å². The lowest BCUT2D eigenvalue weighted by molar-refractivity contribution is -0.114. The van der Waals surface area contributed by atoms with Crippen LogP contribution in [0, 0.1) is 0 Å². The molecule has 1 heterocycles. The van der Waals surface area contributed by atoms with Gasteiger partial charge in [0.1, 0.15) is 11.6 Å². The third-order valence-electron chi connectivity index (χ3n) is 4.84. The van der Waals surface area contributed by atoms with Gasteiger partial charge in [-0.25, -0.2) is 13.4 Å². The zero-order valence-corrected chi connectivity index (χ0v) is 18.3. The summed E-state index contributed by atoms with van der Waals surface area (Å²) in [5, 5.41) is 3.27. The highest BCUT2D eigenvalue weighted by atomic mass is 35.5. The number of amides is 1. The number of hydrogen-bond acceptors (Lipinski definition) is 4. The maximum atomic E-state index is 13.1. The Hall–Kier alpha value is -3.16. The highest BCUT2D eigenvalue weighted by molar-refractivity contribution is 7.90. The van der Waals surface area contributed by atoms with Crippen LogP contribution >= 0.6 is 11.6 Å². The maximum absolute atomic E-state index is 13.1. The number of aromatic nitrogens is 2. The molecule has 1 amide bonds. The molecule has 0 unspecified atom stereocenters. The summed E-state index contributed by atoms with van der Waals surface area (Å²) in [4.78, 5) is 15.9. The number of nitrogens with zero attached hydrogens (tertiary/aromatic N) is 2. The molecule has 0 aliphatic carbocycles. The Morgan fingerprint density at radius 1 is 1.00 bits per heavy atom. The van der Waals surface area contributed by atoms with Crippen molar-refractivity contribution >= 4 is 44.1 Å². The van der Waals surface area contributed by atoms with E-state index in [2.05, 4.69) is 10.3 Å². The smallest absolute Gasteiger partial charge is 0.221 e. The zero-order chi connectivity index (χ0) is 22.0. The van der Waals surface area contributed by atoms with Crippen LogP contribution in [0.4, 0.5) is 5.69 Å². The average Bonchev–Trinajstić information content (AvgIpc) is 3.06. The van der Waals surface area contributed by atoms with E-state index in [1.165, 1.54) is 19.1 Å². The first-order valence-corrected chi connectivity index (χ1v) is 11.6. The topological polar surface area (TPSA) is 81.1 Å². The summed E-state index contributed by atoms with van der Waals surface area (Å²) < 4.78 is 28.1. The van der Waals surface area contributed by atoms with Crippen molar-refractivity contribution in [2.75, 3.05) is 5.32 Å². The lowest BCUT2D eigenvalue weighted by Crippen LogP contribution is -2.12. The second kappa shape index (κ2) is 8.53. The Balaban J connectivity index is 1.68. The molecule has 4 aromatic rings. The molecule has 1 aromatic heterocycles. The minimum absolute atomic E-state index is 0.173. The Kier molecular flexibility index (Phi) is 5.80. The van der Waals surface area contributed by atoms with Crippen LogP contribution < -0.4 is 5.32 Å². The highest BCUT2D eigenvalue weighted by Crippen LogP contribution is 2.23. The van der Waals surface area contributed by atoms with Crippen LogP contribution in [0.5, 0.6) is 0 Å². The Labute approximate surface area is 185 Å². The number of benzene rings is 3. The Morgan fingerprint density at radius 3 is 2.35 bits per heavy atom. The van der Waals surface area contributed by atoms with E-state index in [4.69, 9.17) is 11.6 Å². The van der Waals surface area contributed by atoms with Crippen molar-refractivity contribution in [3.63, 3.8) is 0 Å². The molecule has 0 bridgehead atoms. The lowest BCUT2D eigenvalue weighted by Gasteiger charge is -2.11. The lowest BCUT2D eigenvalue weighted by atomic mass is 10.2. The van der Waals surface area contributed by atoms with Crippen molar-refractivity contribution in [2.24, 2.45) is 0 Å². The molecule has 0 saturated carbocycles. The Morgan fingerprint density at radius 2 is 1.68 bits per heavy atom. The van der Waals surface area contributed by atoms with Gasteiger partial charge in [0.2, 0.25) is 5.91 Å². The van der Waals surface area contributed by atoms with E-state index in [1.807, 2.05) is 53.1 Å². The summed E-state index contributed by atoms with van der Waals surface area (Å²) in [7, 11) is -3.64. The van der Waals surface area contributed by atoms with Gasteiger partial charge in [0.15, 0.2) is 9.84 Å². The number of anilines is 1. The summed E-state index contributed by atoms with van der Waals surface area (Å²) >= 11 is 5.99. The molecule has 0 fully saturated rings. The molecule has 4 rings (SSSR count). The van der Waals surface area contributed by atoms with Crippen LogP contribution in [0.15, 0.2) is 77.7 Å². The zero-order valence-electron chi connectivity index (χ0n) is 16.7. The summed E-state index contributed by atoms with van der Waals surface area (Å²) in [6.45, 7) is 1.87. The first-order chi connectivity index (χ1) is 14.8. The van der Waals surface area contributed by atoms with Gasteiger partial charge in [0, 0.05) is 24.2 Å². The first-order valence-electron chi connectivity index (χ1n) is 9.61. The first kappa shape index (κ1) is 21.1. The number of carbonyl (C=O) groups excluding carboxylic acids is 1. The van der Waals surface area contributed by atoms with Gasteiger partial charge in [-0.15, -0.1) is 0 Å². The van der Waals surface area contributed by atoms with Crippen molar-refractivity contribution in [3.8, 4) is 0 Å². The molecule has 0 spiro atoms. The standard InChI is InChI=1S/C23H20ClN3O3S/c1-16(28)25-19-10-12-20(13-11-19)31(29,30)15-23-26-21-4-2-3-5-22(21)27(23)14-17-6-8-18(24)9-7-17/h2-13H,14-15H2,1H3,(H,25,28). The number of halogens is 1. The van der Waals surface area contributed by atoms with E-state index in [0.717, 1.165) is 16.6 Å². The van der Waals surface area contributed by atoms with E-state index < -0.39 is 9.84 Å². The fourth-order valence-corrected chi connectivity index (χ4v) is 4.79. The predicted octanol–water partition coefficient (Wildman–Crippen LogP) is 4.67. The third kappa shape index (κ3) is 4.78. The molecule has 0 radical (unpaired) electrons. The largest absolute Gasteiger partial charge is 0.326 e. The van der Waals surface area contributed by atoms with Crippen LogP contribution in [0.25, 0.3) is 11.0 Å². The van der Waals surface area contributed by atoms with Gasteiger partial charge >= 0.3 is 0 Å². The average molecular weight is 454 g/mol. The SMILES string of the molecule is CC(=O)Nc1ccc(S(=O)(=O)Cc2nc3ccccc3n2Cc2ccc(Cl)cc2)cc1. The monoisotopic (exact) mass is 453 g/mol. The second-order valence-electron chi connectivity index (χ2n) is 7.19. The van der Waals surface area contributed by atoms with Crippen molar-refractivity contribution in [3.05, 3.63) is 89.2 Å². The van der Waals surface area contributed by atoms with E-state index in [-0.39, 0.29) is 16.6 Å². The minimum atomic E-state index is -3.64. The van der Waals surface area contributed by atoms with Crippen LogP contribution in [0.1, 0.15) is 18.3 Å². The van der Waals surface area contributed by atoms with Crippen molar-refractivity contribution in [1.29, 1.82) is 0 Å². The molecular weight excluding hydrogens is 434 g/mol. The van der Waals surface area contributed by atoms with Gasteiger partial charge in [-0.2, -0.15) is 0 Å². The summed E-state index contributed by atoms with van der Waals surface area (Å²) in [5.74, 6) is 0.00277. The summed E-state index contributed by atoms with van der Waals surface area (Å²) in [5.41, 5.74) is 3.14. The third-order valence-corrected chi connectivity index (χ3v) is 6.72. The van der Waals surface area contributed by atoms with E-state index in [1.54, 1.807) is 12.1 Å². The molecule has 0 aliphatic heterocycles. The number of fused-ring (bicyclic) bond motifs is 1. The highest BCUT2D eigenvalue weighted by Gasteiger charge is 2.21. The van der Waals surface area contributed by atoms with Gasteiger partial charge in [-0.05, 0) is 54.1 Å². The van der Waals surface area contributed by atoms with E-state index in [0.29, 0.717) is 23.1 Å². The van der Waals surface area contributed by atoms with Gasteiger partial charge in [0.05, 0.1) is 15.9 Å². The molecular formula is C23H20ClN3O3S. The molecule has 0 atom stereocenters. The van der Waals surface area contributed by atoms with E-state index >= 15 is 0 Å². The minimum Gasteiger partial charge on any atom is -0.326 e. The fourth-order valence-electron chi connectivity index (χ4n) is 3.39. The molecule has 31 heavy (non-hydrogen) atoms. The van der Waals surface area contributed by atoms with Gasteiger partial charge in [-0.3, -0.25) is 4.79 Å². The van der Waals surface area contributed by atoms with Gasteiger partial charge in [0.25, 0.3) is 0 Å². The number of nitrogens with one attached hydrogen (secondary N) is 1. The van der Waals surface area contributed by atoms with Crippen molar-refractivity contribution < 1.29 is 13.2 Å². The molecule has 8 heteroatoms. The van der Waals surface area contributed by atoms with Crippen LogP contribution in [-0.2, 0) is 26.9 Å². The number of rotatable bonds is 6. The van der Waals surface area contributed by atoms with Crippen LogP contribution in [-0.4, -0.2) is 23.9 Å². The molecule has 0 saturated heterocycles. The van der Waals surface area contributed by atoms with E-state index in [9.17, 15) is 13.2 Å². The van der Waals surface area contributed by atoms with Crippen LogP contribution in [0.3, 0.4) is 0 Å². The van der Waals surface area contributed by atoms with Gasteiger partial charge in [-0.1, -0.05) is 35.9 Å². The Bertz CT molecular complexity index is 1350. The second-order valence-corrected chi connectivity index (χ2v) is 9.62. The summed E-state index contributed by atoms with van der Waals surface area (Å²) in [6.07, 6.45) is 0. The van der Waals surface area contributed by atoms with Gasteiger partial charge < -0.3 is 9.88 Å². The fraction of sp³-hybridized carbons (Fsp3) is 0.130.